The summed E-state index contributed by atoms with van der Waals surface area (Å²) in [7, 11) is 0. The maximum Gasteiger partial charge on any atom is 0.257 e. The second-order valence-electron chi connectivity index (χ2n) is 6.45. The minimum Gasteiger partial charge on any atom is -0.337 e. The minimum absolute atomic E-state index is 0. The molecule has 0 saturated carbocycles. The summed E-state index contributed by atoms with van der Waals surface area (Å²) in [5, 5.41) is 8.17. The number of carbonyl (C=O) groups is 1. The molecule has 6 heteroatoms. The second-order valence-corrected chi connectivity index (χ2v) is 6.45. The Balaban J connectivity index is 0.00000176. The molecule has 2 fully saturated rings. The highest BCUT2D eigenvalue weighted by molar-refractivity contribution is 5.96. The molecule has 3 rings (SSSR count). The van der Waals surface area contributed by atoms with Crippen LogP contribution in [0.4, 0.5) is 0 Å². The van der Waals surface area contributed by atoms with Crippen LogP contribution in [0.15, 0.2) is 0 Å². The first-order valence-corrected chi connectivity index (χ1v) is 8.19. The average molecular weight is 327 g/mol. The van der Waals surface area contributed by atoms with Gasteiger partial charge >= 0.3 is 0 Å². The van der Waals surface area contributed by atoms with E-state index in [0.717, 1.165) is 49.4 Å². The van der Waals surface area contributed by atoms with Crippen molar-refractivity contribution in [1.82, 2.24) is 20.0 Å². The molecule has 2 unspecified atom stereocenters. The molecule has 0 aliphatic carbocycles. The van der Waals surface area contributed by atoms with Gasteiger partial charge < -0.3 is 10.2 Å². The third-order valence-electron chi connectivity index (χ3n) is 4.84. The van der Waals surface area contributed by atoms with Crippen LogP contribution in [0.25, 0.3) is 0 Å². The number of carbonyl (C=O) groups excluding carboxylic acids is 1. The van der Waals surface area contributed by atoms with Crippen LogP contribution in [0, 0.1) is 13.8 Å². The number of nitrogens with zero attached hydrogens (tertiary/aromatic N) is 3. The summed E-state index contributed by atoms with van der Waals surface area (Å²) in [6, 6.07) is 1.09. The summed E-state index contributed by atoms with van der Waals surface area (Å²) in [6.45, 7) is 8.69. The molecule has 3 heterocycles. The number of amides is 1. The van der Waals surface area contributed by atoms with Gasteiger partial charge in [0.15, 0.2) is 0 Å². The Morgan fingerprint density at radius 2 is 2.00 bits per heavy atom. The van der Waals surface area contributed by atoms with E-state index >= 15 is 0 Å². The minimum atomic E-state index is 0. The van der Waals surface area contributed by atoms with Gasteiger partial charge in [0.1, 0.15) is 0 Å². The molecule has 1 amide bonds. The molecule has 2 bridgehead atoms. The zero-order valence-electron chi connectivity index (χ0n) is 13.8. The van der Waals surface area contributed by atoms with Crippen LogP contribution in [-0.4, -0.2) is 45.8 Å². The van der Waals surface area contributed by atoms with Crippen molar-refractivity contribution in [2.24, 2.45) is 0 Å². The number of aromatic nitrogens is 2. The van der Waals surface area contributed by atoms with Gasteiger partial charge in [0.2, 0.25) is 0 Å². The Morgan fingerprint density at radius 3 is 2.73 bits per heavy atom. The monoisotopic (exact) mass is 326 g/mol. The SMILES string of the molecule is CCCn1nc(C)c(C(=O)N2CCC3CCC(C2)N3)c1C.Cl. The summed E-state index contributed by atoms with van der Waals surface area (Å²) in [5.74, 6) is 0.168. The van der Waals surface area contributed by atoms with E-state index in [1.165, 1.54) is 12.8 Å². The molecule has 124 valence electrons. The van der Waals surface area contributed by atoms with Gasteiger partial charge in [-0.25, -0.2) is 0 Å². The number of hydrogen-bond acceptors (Lipinski definition) is 3. The van der Waals surface area contributed by atoms with E-state index in [0.29, 0.717) is 12.1 Å². The Hall–Kier alpha value is -1.07. The van der Waals surface area contributed by atoms with Gasteiger partial charge in [0, 0.05) is 37.4 Å². The largest absolute Gasteiger partial charge is 0.337 e. The molecule has 1 N–H and O–H groups in total. The van der Waals surface area contributed by atoms with Crippen molar-refractivity contribution in [1.29, 1.82) is 0 Å². The van der Waals surface area contributed by atoms with Crippen LogP contribution in [0.2, 0.25) is 0 Å². The topological polar surface area (TPSA) is 50.2 Å². The highest BCUT2D eigenvalue weighted by Crippen LogP contribution is 2.23. The third kappa shape index (κ3) is 3.15. The van der Waals surface area contributed by atoms with Crippen molar-refractivity contribution in [3.05, 3.63) is 17.0 Å². The first-order valence-electron chi connectivity index (χ1n) is 8.19. The lowest BCUT2D eigenvalue weighted by Gasteiger charge is -2.24. The van der Waals surface area contributed by atoms with Crippen LogP contribution in [0.5, 0.6) is 0 Å². The molecule has 0 spiro atoms. The number of rotatable bonds is 3. The molecule has 0 aromatic carbocycles. The summed E-state index contributed by atoms with van der Waals surface area (Å²) in [5.41, 5.74) is 2.70. The van der Waals surface area contributed by atoms with Crippen LogP contribution in [0.1, 0.15) is 54.4 Å². The molecule has 2 saturated heterocycles. The van der Waals surface area contributed by atoms with Crippen molar-refractivity contribution >= 4 is 18.3 Å². The zero-order valence-corrected chi connectivity index (χ0v) is 14.6. The number of likely N-dealkylation sites (tertiary alicyclic amines) is 1. The van der Waals surface area contributed by atoms with Crippen molar-refractivity contribution in [3.63, 3.8) is 0 Å². The molecular weight excluding hydrogens is 300 g/mol. The molecule has 5 nitrogen and oxygen atoms in total. The van der Waals surface area contributed by atoms with E-state index in [-0.39, 0.29) is 18.3 Å². The average Bonchev–Trinajstić information content (AvgIpc) is 2.90. The maximum absolute atomic E-state index is 12.9. The van der Waals surface area contributed by atoms with Crippen molar-refractivity contribution in [3.8, 4) is 0 Å². The van der Waals surface area contributed by atoms with Gasteiger partial charge in [-0.05, 0) is 39.5 Å². The van der Waals surface area contributed by atoms with Crippen LogP contribution in [-0.2, 0) is 6.54 Å². The van der Waals surface area contributed by atoms with Gasteiger partial charge in [-0.1, -0.05) is 6.92 Å². The van der Waals surface area contributed by atoms with Crippen LogP contribution in [0.3, 0.4) is 0 Å². The number of nitrogens with one attached hydrogen (secondary N) is 1. The second kappa shape index (κ2) is 7.01. The normalized spacial score (nSPS) is 24.0. The fraction of sp³-hybridized carbons (Fsp3) is 0.750. The van der Waals surface area contributed by atoms with Gasteiger partial charge in [-0.15, -0.1) is 12.4 Å². The molecule has 2 aliphatic rings. The van der Waals surface area contributed by atoms with E-state index in [1.807, 2.05) is 23.4 Å². The highest BCUT2D eigenvalue weighted by Gasteiger charge is 2.33. The Bertz CT molecular complexity index is 542. The maximum atomic E-state index is 12.9. The standard InChI is InChI=1S/C16H26N4O.ClH/c1-4-8-20-12(3)15(11(2)18-20)16(21)19-9-7-13-5-6-14(10-19)17-13;/h13-14,17H,4-10H2,1-3H3;1H. The van der Waals surface area contributed by atoms with Crippen molar-refractivity contribution < 1.29 is 4.79 Å². The number of fused-ring (bicyclic) bond motifs is 2. The molecule has 0 radical (unpaired) electrons. The summed E-state index contributed by atoms with van der Waals surface area (Å²) >= 11 is 0. The molecule has 22 heavy (non-hydrogen) atoms. The lowest BCUT2D eigenvalue weighted by atomic mass is 10.1. The molecule has 1 aromatic rings. The number of aryl methyl sites for hydroxylation is 2. The molecule has 1 aromatic heterocycles. The van der Waals surface area contributed by atoms with E-state index in [1.54, 1.807) is 0 Å². The van der Waals surface area contributed by atoms with E-state index in [4.69, 9.17) is 0 Å². The summed E-state index contributed by atoms with van der Waals surface area (Å²) in [4.78, 5) is 15.0. The van der Waals surface area contributed by atoms with Gasteiger partial charge in [-0.3, -0.25) is 9.48 Å². The Labute approximate surface area is 138 Å². The van der Waals surface area contributed by atoms with Gasteiger partial charge in [0.05, 0.1) is 11.3 Å². The Morgan fingerprint density at radius 1 is 1.27 bits per heavy atom. The predicted octanol–water partition coefficient (Wildman–Crippen LogP) is 2.30. The quantitative estimate of drug-likeness (QED) is 0.927. The van der Waals surface area contributed by atoms with Crippen molar-refractivity contribution in [2.75, 3.05) is 13.1 Å². The highest BCUT2D eigenvalue weighted by atomic mass is 35.5. The summed E-state index contributed by atoms with van der Waals surface area (Å²) < 4.78 is 1.98. The van der Waals surface area contributed by atoms with Crippen LogP contribution >= 0.6 is 12.4 Å². The number of hydrogen-bond donors (Lipinski definition) is 1. The van der Waals surface area contributed by atoms with Crippen molar-refractivity contribution in [2.45, 2.75) is 65.1 Å². The van der Waals surface area contributed by atoms with E-state index in [2.05, 4.69) is 17.3 Å². The first-order chi connectivity index (χ1) is 10.1. The fourth-order valence-corrected chi connectivity index (χ4v) is 3.72. The van der Waals surface area contributed by atoms with E-state index in [9.17, 15) is 4.79 Å². The zero-order chi connectivity index (χ0) is 15.0. The molecule has 2 aliphatic heterocycles. The fourth-order valence-electron chi connectivity index (χ4n) is 3.72. The lowest BCUT2D eigenvalue weighted by Crippen LogP contribution is -2.39. The number of halogens is 1. The molecular formula is C16H27ClN4O. The predicted molar refractivity (Wildman–Crippen MR) is 89.7 cm³/mol. The first kappa shape index (κ1) is 17.3. The lowest BCUT2D eigenvalue weighted by molar-refractivity contribution is 0.0746. The molecule has 2 atom stereocenters. The Kier molecular flexibility index (Phi) is 5.50. The van der Waals surface area contributed by atoms with Crippen LogP contribution < -0.4 is 5.32 Å². The summed E-state index contributed by atoms with van der Waals surface area (Å²) in [6.07, 6.45) is 4.57. The smallest absolute Gasteiger partial charge is 0.257 e. The van der Waals surface area contributed by atoms with Gasteiger partial charge in [-0.2, -0.15) is 5.10 Å². The van der Waals surface area contributed by atoms with E-state index < -0.39 is 0 Å². The van der Waals surface area contributed by atoms with Gasteiger partial charge in [0.25, 0.3) is 5.91 Å². The third-order valence-corrected chi connectivity index (χ3v) is 4.84.